The summed E-state index contributed by atoms with van der Waals surface area (Å²) in [6.07, 6.45) is 7.97. The van der Waals surface area contributed by atoms with Crippen LogP contribution in [0.15, 0.2) is 18.2 Å². The van der Waals surface area contributed by atoms with Crippen LogP contribution in [-0.4, -0.2) is 19.1 Å². The summed E-state index contributed by atoms with van der Waals surface area (Å²) in [5.74, 6) is 1.61. The van der Waals surface area contributed by atoms with Crippen LogP contribution in [-0.2, 0) is 6.54 Å². The van der Waals surface area contributed by atoms with Gasteiger partial charge in [-0.25, -0.2) is 4.39 Å². The number of nitrogens with one attached hydrogen (secondary N) is 1. The number of hydrogen-bond acceptors (Lipinski definition) is 2. The average Bonchev–Trinajstić information content (AvgIpc) is 3.32. The van der Waals surface area contributed by atoms with Gasteiger partial charge in [0.1, 0.15) is 5.82 Å². The number of rotatable bonds is 8. The highest BCUT2D eigenvalue weighted by Gasteiger charge is 2.29. The topological polar surface area (TPSA) is 15.3 Å². The fraction of sp³-hybridized carbons (Fsp3) is 0.667. The molecule has 0 aliphatic heterocycles. The summed E-state index contributed by atoms with van der Waals surface area (Å²) in [4.78, 5) is 2.44. The maximum Gasteiger partial charge on any atom is 0.125 e. The van der Waals surface area contributed by atoms with Crippen LogP contribution in [0.3, 0.4) is 0 Å². The Morgan fingerprint density at radius 1 is 0.952 bits per heavy atom. The van der Waals surface area contributed by atoms with E-state index >= 15 is 0 Å². The molecule has 3 fully saturated rings. The Morgan fingerprint density at radius 2 is 1.62 bits per heavy atom. The van der Waals surface area contributed by atoms with Gasteiger partial charge in [-0.3, -0.25) is 0 Å². The fourth-order valence-electron chi connectivity index (χ4n) is 2.98. The molecule has 0 amide bonds. The van der Waals surface area contributed by atoms with Gasteiger partial charge in [-0.1, -0.05) is 0 Å². The SMILES string of the molecule is Fc1cc(CNC2CC2)cc(N(CC2CC2)CC2CC2)c1. The third-order valence-electron chi connectivity index (χ3n) is 4.83. The molecule has 0 bridgehead atoms. The first-order valence-corrected chi connectivity index (χ1v) is 8.54. The molecule has 4 rings (SSSR count). The van der Waals surface area contributed by atoms with Crippen molar-refractivity contribution < 1.29 is 4.39 Å². The second kappa shape index (κ2) is 5.60. The van der Waals surface area contributed by atoms with E-state index < -0.39 is 0 Å². The zero-order valence-corrected chi connectivity index (χ0v) is 12.7. The normalized spacial score (nSPS) is 21.6. The summed E-state index contributed by atoms with van der Waals surface area (Å²) >= 11 is 0. The first kappa shape index (κ1) is 13.6. The largest absolute Gasteiger partial charge is 0.371 e. The van der Waals surface area contributed by atoms with Crippen molar-refractivity contribution in [3.63, 3.8) is 0 Å². The van der Waals surface area contributed by atoms with Gasteiger partial charge in [0, 0.05) is 31.4 Å². The molecule has 3 aliphatic carbocycles. The Morgan fingerprint density at radius 3 is 2.19 bits per heavy atom. The van der Waals surface area contributed by atoms with E-state index in [4.69, 9.17) is 0 Å². The van der Waals surface area contributed by atoms with Gasteiger partial charge < -0.3 is 10.2 Å². The van der Waals surface area contributed by atoms with Crippen molar-refractivity contribution in [1.29, 1.82) is 0 Å². The molecule has 3 heteroatoms. The molecular formula is C18H25FN2. The summed E-state index contributed by atoms with van der Waals surface area (Å²) in [6, 6.07) is 6.28. The second-order valence-corrected chi connectivity index (χ2v) is 7.26. The molecule has 3 saturated carbocycles. The van der Waals surface area contributed by atoms with Gasteiger partial charge in [0.25, 0.3) is 0 Å². The second-order valence-electron chi connectivity index (χ2n) is 7.26. The van der Waals surface area contributed by atoms with Crippen LogP contribution in [0.5, 0.6) is 0 Å². The molecule has 0 saturated heterocycles. The smallest absolute Gasteiger partial charge is 0.125 e. The molecule has 0 spiro atoms. The summed E-state index contributed by atoms with van der Waals surface area (Å²) in [5, 5.41) is 3.49. The van der Waals surface area contributed by atoms with Crippen molar-refractivity contribution in [2.75, 3.05) is 18.0 Å². The maximum atomic E-state index is 14.0. The molecule has 3 aliphatic rings. The zero-order chi connectivity index (χ0) is 14.2. The predicted octanol–water partition coefficient (Wildman–Crippen LogP) is 3.70. The molecular weight excluding hydrogens is 263 g/mol. The van der Waals surface area contributed by atoms with Crippen molar-refractivity contribution in [2.24, 2.45) is 11.8 Å². The van der Waals surface area contributed by atoms with Crippen LogP contribution in [0, 0.1) is 17.7 Å². The van der Waals surface area contributed by atoms with Gasteiger partial charge in [0.15, 0.2) is 0 Å². The quantitative estimate of drug-likeness (QED) is 0.784. The lowest BCUT2D eigenvalue weighted by Crippen LogP contribution is -2.28. The highest BCUT2D eigenvalue weighted by atomic mass is 19.1. The van der Waals surface area contributed by atoms with Crippen molar-refractivity contribution in [2.45, 2.75) is 51.1 Å². The van der Waals surface area contributed by atoms with Crippen molar-refractivity contribution in [1.82, 2.24) is 5.32 Å². The Kier molecular flexibility index (Phi) is 3.62. The van der Waals surface area contributed by atoms with Crippen molar-refractivity contribution in [3.05, 3.63) is 29.6 Å². The van der Waals surface area contributed by atoms with Crippen LogP contribution < -0.4 is 10.2 Å². The third-order valence-corrected chi connectivity index (χ3v) is 4.83. The lowest BCUT2D eigenvalue weighted by molar-refractivity contribution is 0.614. The van der Waals surface area contributed by atoms with E-state index in [9.17, 15) is 4.39 Å². The monoisotopic (exact) mass is 288 g/mol. The number of benzene rings is 1. The number of hydrogen-bond donors (Lipinski definition) is 1. The molecule has 1 aromatic rings. The van der Waals surface area contributed by atoms with E-state index in [2.05, 4.69) is 16.3 Å². The van der Waals surface area contributed by atoms with Crippen LogP contribution in [0.25, 0.3) is 0 Å². The molecule has 1 N–H and O–H groups in total. The van der Waals surface area contributed by atoms with E-state index in [0.717, 1.165) is 42.7 Å². The minimum Gasteiger partial charge on any atom is -0.371 e. The lowest BCUT2D eigenvalue weighted by Gasteiger charge is -2.25. The molecule has 0 heterocycles. The molecule has 1 aromatic carbocycles. The molecule has 2 nitrogen and oxygen atoms in total. The van der Waals surface area contributed by atoms with E-state index in [1.807, 2.05) is 0 Å². The predicted molar refractivity (Wildman–Crippen MR) is 83.9 cm³/mol. The van der Waals surface area contributed by atoms with E-state index in [1.165, 1.54) is 38.5 Å². The van der Waals surface area contributed by atoms with Gasteiger partial charge in [-0.05, 0) is 74.1 Å². The lowest BCUT2D eigenvalue weighted by atomic mass is 10.1. The molecule has 0 atom stereocenters. The van der Waals surface area contributed by atoms with Gasteiger partial charge in [-0.15, -0.1) is 0 Å². The molecule has 0 aromatic heterocycles. The average molecular weight is 288 g/mol. The zero-order valence-electron chi connectivity index (χ0n) is 12.7. The number of nitrogens with zero attached hydrogens (tertiary/aromatic N) is 1. The van der Waals surface area contributed by atoms with Crippen molar-refractivity contribution >= 4 is 5.69 Å². The highest BCUT2D eigenvalue weighted by Crippen LogP contribution is 2.36. The Balaban J connectivity index is 1.48. The van der Waals surface area contributed by atoms with Crippen LogP contribution in [0.1, 0.15) is 44.1 Å². The summed E-state index contributed by atoms with van der Waals surface area (Å²) in [6.45, 7) is 3.04. The van der Waals surface area contributed by atoms with Crippen LogP contribution >= 0.6 is 0 Å². The van der Waals surface area contributed by atoms with Crippen LogP contribution in [0.2, 0.25) is 0 Å². The molecule has 21 heavy (non-hydrogen) atoms. The fourth-order valence-corrected chi connectivity index (χ4v) is 2.98. The van der Waals surface area contributed by atoms with Crippen LogP contribution in [0.4, 0.5) is 10.1 Å². The number of anilines is 1. The standard InChI is InChI=1S/C18H25FN2/c19-16-7-15(10-20-17-5-6-17)8-18(9-16)21(11-13-1-2-13)12-14-3-4-14/h7-9,13-14,17,20H,1-6,10-12H2. The van der Waals surface area contributed by atoms with Crippen molar-refractivity contribution in [3.8, 4) is 0 Å². The summed E-state index contributed by atoms with van der Waals surface area (Å²) in [5.41, 5.74) is 2.19. The molecule has 0 radical (unpaired) electrons. The number of halogens is 1. The molecule has 0 unspecified atom stereocenters. The van der Waals surface area contributed by atoms with Gasteiger partial charge in [0.05, 0.1) is 0 Å². The van der Waals surface area contributed by atoms with Gasteiger partial charge in [-0.2, -0.15) is 0 Å². The Bertz CT molecular complexity index is 490. The summed E-state index contributed by atoms with van der Waals surface area (Å²) < 4.78 is 14.0. The minimum absolute atomic E-state index is 0.0864. The molecule has 114 valence electrons. The summed E-state index contributed by atoms with van der Waals surface area (Å²) in [7, 11) is 0. The van der Waals surface area contributed by atoms with Gasteiger partial charge in [0.2, 0.25) is 0 Å². The van der Waals surface area contributed by atoms with E-state index in [0.29, 0.717) is 6.04 Å². The van der Waals surface area contributed by atoms with E-state index in [-0.39, 0.29) is 5.82 Å². The minimum atomic E-state index is -0.0864. The van der Waals surface area contributed by atoms with Gasteiger partial charge >= 0.3 is 0 Å². The highest BCUT2D eigenvalue weighted by molar-refractivity contribution is 5.49. The first-order valence-electron chi connectivity index (χ1n) is 8.54. The Hall–Kier alpha value is -1.09. The van der Waals surface area contributed by atoms with E-state index in [1.54, 1.807) is 12.1 Å². The Labute approximate surface area is 126 Å². The first-order chi connectivity index (χ1) is 10.3. The third kappa shape index (κ3) is 3.97. The maximum absolute atomic E-state index is 14.0.